The van der Waals surface area contributed by atoms with Crippen molar-refractivity contribution in [2.45, 2.75) is 77.4 Å². The Morgan fingerprint density at radius 3 is 2.68 bits per heavy atom. The SMILES string of the molecule is C[C@]12C[C@H](O)[C@@H](N)CC1CC[C@@H]1C2CC[C@]2(C)C(=O)CCC12. The van der Waals surface area contributed by atoms with Crippen LogP contribution in [0, 0.1) is 34.5 Å². The van der Waals surface area contributed by atoms with Crippen LogP contribution in [0.5, 0.6) is 0 Å². The first-order valence-corrected chi connectivity index (χ1v) is 9.33. The molecule has 0 spiro atoms. The Labute approximate surface area is 134 Å². The van der Waals surface area contributed by atoms with Crippen LogP contribution in [0.3, 0.4) is 0 Å². The summed E-state index contributed by atoms with van der Waals surface area (Å²) in [5.41, 5.74) is 6.35. The number of rotatable bonds is 0. The van der Waals surface area contributed by atoms with Gasteiger partial charge in [0.25, 0.3) is 0 Å². The van der Waals surface area contributed by atoms with Gasteiger partial charge in [-0.15, -0.1) is 0 Å². The van der Waals surface area contributed by atoms with E-state index in [1.165, 1.54) is 19.3 Å². The fourth-order valence-corrected chi connectivity index (χ4v) is 7.10. The van der Waals surface area contributed by atoms with E-state index in [1.807, 2.05) is 0 Å². The Kier molecular flexibility index (Phi) is 3.30. The van der Waals surface area contributed by atoms with Gasteiger partial charge < -0.3 is 10.8 Å². The van der Waals surface area contributed by atoms with Gasteiger partial charge in [0, 0.05) is 17.9 Å². The van der Waals surface area contributed by atoms with Crippen LogP contribution in [-0.2, 0) is 4.79 Å². The number of fused-ring (bicyclic) bond motifs is 5. The van der Waals surface area contributed by atoms with Crippen molar-refractivity contribution in [3.05, 3.63) is 0 Å². The minimum atomic E-state index is -0.335. The molecule has 0 aromatic carbocycles. The third-order valence-corrected chi connectivity index (χ3v) is 8.47. The fraction of sp³-hybridized carbons (Fsp3) is 0.947. The molecule has 3 N–H and O–H groups in total. The van der Waals surface area contributed by atoms with Crippen molar-refractivity contribution in [3.63, 3.8) is 0 Å². The molecular weight excluding hydrogens is 274 g/mol. The second-order valence-corrected chi connectivity index (χ2v) is 9.25. The van der Waals surface area contributed by atoms with E-state index in [0.717, 1.165) is 32.1 Å². The summed E-state index contributed by atoms with van der Waals surface area (Å²) in [7, 11) is 0. The van der Waals surface area contributed by atoms with Gasteiger partial charge in [0.1, 0.15) is 5.78 Å². The molecule has 124 valence electrons. The molecule has 0 radical (unpaired) electrons. The van der Waals surface area contributed by atoms with E-state index >= 15 is 0 Å². The molecule has 4 aliphatic rings. The zero-order valence-electron chi connectivity index (χ0n) is 14.1. The van der Waals surface area contributed by atoms with E-state index in [-0.39, 0.29) is 23.0 Å². The topological polar surface area (TPSA) is 63.3 Å². The van der Waals surface area contributed by atoms with Crippen molar-refractivity contribution in [2.24, 2.45) is 40.2 Å². The van der Waals surface area contributed by atoms with Gasteiger partial charge in [-0.1, -0.05) is 13.8 Å². The molecule has 0 aromatic rings. The van der Waals surface area contributed by atoms with Crippen molar-refractivity contribution in [1.29, 1.82) is 0 Å². The van der Waals surface area contributed by atoms with Crippen LogP contribution in [0.1, 0.15) is 65.2 Å². The van der Waals surface area contributed by atoms with Crippen molar-refractivity contribution in [1.82, 2.24) is 0 Å². The van der Waals surface area contributed by atoms with E-state index in [1.54, 1.807) is 0 Å². The van der Waals surface area contributed by atoms with Gasteiger partial charge in [0.15, 0.2) is 0 Å². The van der Waals surface area contributed by atoms with Crippen molar-refractivity contribution >= 4 is 5.78 Å². The van der Waals surface area contributed by atoms with Crippen LogP contribution >= 0.6 is 0 Å². The molecule has 3 heteroatoms. The quantitative estimate of drug-likeness (QED) is 0.723. The summed E-state index contributed by atoms with van der Waals surface area (Å²) in [4.78, 5) is 12.4. The van der Waals surface area contributed by atoms with Crippen LogP contribution < -0.4 is 5.73 Å². The van der Waals surface area contributed by atoms with Crippen LogP contribution in [-0.4, -0.2) is 23.0 Å². The molecule has 3 nitrogen and oxygen atoms in total. The highest BCUT2D eigenvalue weighted by atomic mass is 16.3. The van der Waals surface area contributed by atoms with Gasteiger partial charge in [-0.3, -0.25) is 4.79 Å². The lowest BCUT2D eigenvalue weighted by molar-refractivity contribution is -0.145. The van der Waals surface area contributed by atoms with Gasteiger partial charge in [-0.25, -0.2) is 0 Å². The van der Waals surface area contributed by atoms with E-state index < -0.39 is 0 Å². The lowest BCUT2D eigenvalue weighted by atomic mass is 9.45. The molecule has 4 saturated carbocycles. The number of ketones is 1. The molecule has 22 heavy (non-hydrogen) atoms. The van der Waals surface area contributed by atoms with Crippen LogP contribution in [0.25, 0.3) is 0 Å². The third-order valence-electron chi connectivity index (χ3n) is 8.47. The Morgan fingerprint density at radius 1 is 1.14 bits per heavy atom. The smallest absolute Gasteiger partial charge is 0.139 e. The maximum Gasteiger partial charge on any atom is 0.139 e. The molecule has 4 rings (SSSR count). The lowest BCUT2D eigenvalue weighted by Crippen LogP contribution is -2.58. The Morgan fingerprint density at radius 2 is 1.91 bits per heavy atom. The van der Waals surface area contributed by atoms with E-state index in [9.17, 15) is 9.90 Å². The molecule has 8 atom stereocenters. The largest absolute Gasteiger partial charge is 0.391 e. The predicted octanol–water partition coefficient (Wildman–Crippen LogP) is 2.90. The number of carbonyl (C=O) groups is 1. The molecule has 0 bridgehead atoms. The summed E-state index contributed by atoms with van der Waals surface area (Å²) in [6.07, 6.45) is 8.22. The van der Waals surface area contributed by atoms with Crippen LogP contribution in [0.4, 0.5) is 0 Å². The lowest BCUT2D eigenvalue weighted by Gasteiger charge is -2.60. The van der Waals surface area contributed by atoms with Gasteiger partial charge in [0.05, 0.1) is 6.10 Å². The average Bonchev–Trinajstić information content (AvgIpc) is 2.77. The summed E-state index contributed by atoms with van der Waals surface area (Å²) in [5.74, 6) is 3.19. The minimum absolute atomic E-state index is 0.0310. The Balaban J connectivity index is 1.65. The molecule has 0 aromatic heterocycles. The first-order chi connectivity index (χ1) is 10.4. The number of nitrogens with two attached hydrogens (primary N) is 1. The zero-order valence-corrected chi connectivity index (χ0v) is 14.1. The van der Waals surface area contributed by atoms with Crippen LogP contribution in [0.15, 0.2) is 0 Å². The second-order valence-electron chi connectivity index (χ2n) is 9.25. The minimum Gasteiger partial charge on any atom is -0.391 e. The molecule has 0 aliphatic heterocycles. The summed E-state index contributed by atoms with van der Waals surface area (Å²) in [6.45, 7) is 4.66. The molecular formula is C19H31NO2. The van der Waals surface area contributed by atoms with E-state index in [2.05, 4.69) is 13.8 Å². The number of Topliss-reactive ketones (excluding diaryl/α,β-unsaturated/α-hetero) is 1. The summed E-state index contributed by atoms with van der Waals surface area (Å²) in [5, 5.41) is 10.4. The summed E-state index contributed by atoms with van der Waals surface area (Å²) in [6, 6.07) is -0.0310. The Bertz CT molecular complexity index is 492. The highest BCUT2D eigenvalue weighted by Crippen LogP contribution is 2.65. The highest BCUT2D eigenvalue weighted by molar-refractivity contribution is 5.87. The highest BCUT2D eigenvalue weighted by Gasteiger charge is 2.60. The second kappa shape index (κ2) is 4.80. The number of hydrogen-bond acceptors (Lipinski definition) is 3. The standard InChI is InChI=1S/C19H31NO2/c1-18-8-7-14-12(13(18)5-6-17(18)22)4-3-11-9-15(20)16(21)10-19(11,14)2/h11-16,21H,3-10,20H2,1-2H3/t11?,12-,13?,14?,15-,16-,18-,19-/m0/s1. The van der Waals surface area contributed by atoms with Crippen LogP contribution in [0.2, 0.25) is 0 Å². The molecule has 4 fully saturated rings. The Hall–Kier alpha value is -0.410. The van der Waals surface area contributed by atoms with Crippen molar-refractivity contribution in [3.8, 4) is 0 Å². The molecule has 0 heterocycles. The van der Waals surface area contributed by atoms with Gasteiger partial charge in [-0.05, 0) is 74.0 Å². The third kappa shape index (κ3) is 1.84. The first kappa shape index (κ1) is 15.1. The summed E-state index contributed by atoms with van der Waals surface area (Å²) >= 11 is 0. The average molecular weight is 305 g/mol. The molecule has 3 unspecified atom stereocenters. The normalized spacial score (nSPS) is 57.9. The maximum absolute atomic E-state index is 12.4. The van der Waals surface area contributed by atoms with Gasteiger partial charge in [-0.2, -0.15) is 0 Å². The molecule has 0 saturated heterocycles. The monoisotopic (exact) mass is 305 g/mol. The number of aliphatic hydroxyl groups excluding tert-OH is 1. The molecule has 4 aliphatic carbocycles. The summed E-state index contributed by atoms with van der Waals surface area (Å²) < 4.78 is 0. The van der Waals surface area contributed by atoms with E-state index in [4.69, 9.17) is 5.73 Å². The van der Waals surface area contributed by atoms with E-state index in [0.29, 0.717) is 29.5 Å². The van der Waals surface area contributed by atoms with Gasteiger partial charge >= 0.3 is 0 Å². The first-order valence-electron chi connectivity index (χ1n) is 9.33. The molecule has 0 amide bonds. The zero-order chi connectivity index (χ0) is 15.7. The van der Waals surface area contributed by atoms with Crippen molar-refractivity contribution in [2.75, 3.05) is 0 Å². The maximum atomic E-state index is 12.4. The number of aliphatic hydroxyl groups is 1. The number of hydrogen-bond donors (Lipinski definition) is 2. The fourth-order valence-electron chi connectivity index (χ4n) is 7.10. The number of carbonyl (C=O) groups excluding carboxylic acids is 1. The van der Waals surface area contributed by atoms with Crippen molar-refractivity contribution < 1.29 is 9.90 Å². The van der Waals surface area contributed by atoms with Gasteiger partial charge in [0.2, 0.25) is 0 Å². The predicted molar refractivity (Wildman–Crippen MR) is 86.1 cm³/mol.